The molecule has 0 aliphatic rings. The lowest BCUT2D eigenvalue weighted by molar-refractivity contribution is 0.112. The molecular weight excluding hydrogens is 128 g/mol. The highest BCUT2D eigenvalue weighted by Crippen LogP contribution is 2.04. The van der Waals surface area contributed by atoms with Crippen LogP contribution >= 0.6 is 0 Å². The molecule has 2 nitrogen and oxygen atoms in total. The zero-order valence-corrected chi connectivity index (χ0v) is 5.33. The molecule has 0 aliphatic carbocycles. The molecule has 10 heavy (non-hydrogen) atoms. The maximum absolute atomic E-state index is 10.1. The standard InChI is InChI=1S/C8H6O2/c1-2-3-8-4-7(5-9)6-10-8/h1,4-6H,3H2. The predicted molar refractivity (Wildman–Crippen MR) is 36.6 cm³/mol. The van der Waals surface area contributed by atoms with Crippen LogP contribution < -0.4 is 0 Å². The van der Waals surface area contributed by atoms with Crippen LogP contribution in [0.25, 0.3) is 0 Å². The maximum Gasteiger partial charge on any atom is 0.153 e. The summed E-state index contributed by atoms with van der Waals surface area (Å²) in [6.07, 6.45) is 7.57. The Kier molecular flexibility index (Phi) is 1.91. The van der Waals surface area contributed by atoms with Crippen LogP contribution in [-0.2, 0) is 6.42 Å². The van der Waals surface area contributed by atoms with E-state index in [0.29, 0.717) is 17.7 Å². The molecule has 0 fully saturated rings. The summed E-state index contributed by atoms with van der Waals surface area (Å²) in [5, 5.41) is 0. The quantitative estimate of drug-likeness (QED) is 0.450. The lowest BCUT2D eigenvalue weighted by Crippen LogP contribution is -1.73. The molecule has 0 bridgehead atoms. The molecule has 0 aliphatic heterocycles. The van der Waals surface area contributed by atoms with Gasteiger partial charge in [0, 0.05) is 0 Å². The fourth-order valence-electron chi connectivity index (χ4n) is 0.653. The van der Waals surface area contributed by atoms with Gasteiger partial charge in [0.2, 0.25) is 0 Å². The van der Waals surface area contributed by atoms with E-state index < -0.39 is 0 Å². The Hall–Kier alpha value is -1.49. The van der Waals surface area contributed by atoms with Crippen molar-refractivity contribution in [2.24, 2.45) is 0 Å². The molecule has 0 spiro atoms. The van der Waals surface area contributed by atoms with E-state index >= 15 is 0 Å². The Bertz CT molecular complexity index is 265. The van der Waals surface area contributed by atoms with Gasteiger partial charge in [-0.2, -0.15) is 0 Å². The molecule has 50 valence electrons. The predicted octanol–water partition coefficient (Wildman–Crippen LogP) is 1.27. The van der Waals surface area contributed by atoms with Crippen LogP contribution in [-0.4, -0.2) is 6.29 Å². The third-order valence-corrected chi connectivity index (χ3v) is 1.09. The Balaban J connectivity index is 2.80. The largest absolute Gasteiger partial charge is 0.468 e. The average Bonchev–Trinajstić information content (AvgIpc) is 2.37. The minimum Gasteiger partial charge on any atom is -0.468 e. The van der Waals surface area contributed by atoms with Crippen molar-refractivity contribution in [2.45, 2.75) is 6.42 Å². The van der Waals surface area contributed by atoms with E-state index in [1.165, 1.54) is 6.26 Å². The maximum atomic E-state index is 10.1. The number of rotatable bonds is 2. The molecule has 1 rings (SSSR count). The molecule has 0 aromatic carbocycles. The smallest absolute Gasteiger partial charge is 0.153 e. The summed E-state index contributed by atoms with van der Waals surface area (Å²) in [4.78, 5) is 10.1. The molecule has 0 saturated heterocycles. The lowest BCUT2D eigenvalue weighted by Gasteiger charge is -1.79. The summed E-state index contributed by atoms with van der Waals surface area (Å²) in [5.74, 6) is 3.07. The number of carbonyl (C=O) groups excluding carboxylic acids is 1. The van der Waals surface area contributed by atoms with Crippen molar-refractivity contribution in [3.8, 4) is 12.3 Å². The summed E-state index contributed by atoms with van der Waals surface area (Å²) >= 11 is 0. The van der Waals surface area contributed by atoms with Gasteiger partial charge < -0.3 is 4.42 Å². The Morgan fingerprint density at radius 3 is 3.10 bits per heavy atom. The first-order valence-corrected chi connectivity index (χ1v) is 2.83. The molecule has 0 atom stereocenters. The molecule has 1 heterocycles. The topological polar surface area (TPSA) is 30.2 Å². The second kappa shape index (κ2) is 2.88. The van der Waals surface area contributed by atoms with Gasteiger partial charge in [-0.25, -0.2) is 0 Å². The summed E-state index contributed by atoms with van der Waals surface area (Å²) in [7, 11) is 0. The fourth-order valence-corrected chi connectivity index (χ4v) is 0.653. The SMILES string of the molecule is C#CCc1cc(C=O)co1. The van der Waals surface area contributed by atoms with Crippen molar-refractivity contribution in [1.29, 1.82) is 0 Å². The van der Waals surface area contributed by atoms with Gasteiger partial charge in [0.25, 0.3) is 0 Å². The summed E-state index contributed by atoms with van der Waals surface area (Å²) in [5.41, 5.74) is 0.533. The van der Waals surface area contributed by atoms with E-state index in [4.69, 9.17) is 10.8 Å². The summed E-state index contributed by atoms with van der Waals surface area (Å²) in [6, 6.07) is 1.63. The number of furan rings is 1. The van der Waals surface area contributed by atoms with Crippen molar-refractivity contribution in [1.82, 2.24) is 0 Å². The number of carbonyl (C=O) groups is 1. The molecular formula is C8H6O2. The first-order valence-electron chi connectivity index (χ1n) is 2.83. The van der Waals surface area contributed by atoms with Gasteiger partial charge in [-0.15, -0.1) is 6.42 Å². The first-order chi connectivity index (χ1) is 4.86. The fraction of sp³-hybridized carbons (Fsp3) is 0.125. The van der Waals surface area contributed by atoms with Crippen molar-refractivity contribution in [3.63, 3.8) is 0 Å². The van der Waals surface area contributed by atoms with Gasteiger partial charge in [-0.1, -0.05) is 5.92 Å². The van der Waals surface area contributed by atoms with Crippen LogP contribution in [0.3, 0.4) is 0 Å². The highest BCUT2D eigenvalue weighted by Gasteiger charge is 1.96. The molecule has 1 aromatic heterocycles. The Morgan fingerprint density at radius 1 is 1.80 bits per heavy atom. The molecule has 0 saturated carbocycles. The average molecular weight is 134 g/mol. The van der Waals surface area contributed by atoms with E-state index in [1.54, 1.807) is 6.07 Å². The minimum absolute atomic E-state index is 0.438. The van der Waals surface area contributed by atoms with Gasteiger partial charge in [-0.3, -0.25) is 4.79 Å². The zero-order valence-electron chi connectivity index (χ0n) is 5.33. The van der Waals surface area contributed by atoms with Crippen LogP contribution in [0.15, 0.2) is 16.7 Å². The molecule has 0 radical (unpaired) electrons. The van der Waals surface area contributed by atoms with E-state index in [2.05, 4.69) is 5.92 Å². The number of terminal acetylenes is 1. The highest BCUT2D eigenvalue weighted by molar-refractivity contribution is 5.74. The van der Waals surface area contributed by atoms with E-state index in [-0.39, 0.29) is 0 Å². The second-order valence-corrected chi connectivity index (χ2v) is 1.85. The van der Waals surface area contributed by atoms with Crippen LogP contribution in [0.2, 0.25) is 0 Å². The van der Waals surface area contributed by atoms with Crippen molar-refractivity contribution in [2.75, 3.05) is 0 Å². The van der Waals surface area contributed by atoms with Gasteiger partial charge >= 0.3 is 0 Å². The lowest BCUT2D eigenvalue weighted by atomic mass is 10.3. The van der Waals surface area contributed by atoms with E-state index in [9.17, 15) is 4.79 Å². The molecule has 0 unspecified atom stereocenters. The van der Waals surface area contributed by atoms with E-state index in [1.807, 2.05) is 0 Å². The first kappa shape index (κ1) is 6.63. The third-order valence-electron chi connectivity index (χ3n) is 1.09. The number of aldehydes is 1. The van der Waals surface area contributed by atoms with Gasteiger partial charge in [0.15, 0.2) is 6.29 Å². The monoisotopic (exact) mass is 134 g/mol. The van der Waals surface area contributed by atoms with Crippen LogP contribution in [0.4, 0.5) is 0 Å². The Morgan fingerprint density at radius 2 is 2.60 bits per heavy atom. The van der Waals surface area contributed by atoms with Gasteiger partial charge in [0.1, 0.15) is 12.0 Å². The van der Waals surface area contributed by atoms with Crippen molar-refractivity contribution in [3.05, 3.63) is 23.7 Å². The number of hydrogen-bond acceptors (Lipinski definition) is 2. The molecule has 2 heteroatoms. The third kappa shape index (κ3) is 1.26. The van der Waals surface area contributed by atoms with Crippen LogP contribution in [0.1, 0.15) is 16.1 Å². The van der Waals surface area contributed by atoms with E-state index in [0.717, 1.165) is 6.29 Å². The number of hydrogen-bond donors (Lipinski definition) is 0. The molecule has 0 amide bonds. The normalized spacial score (nSPS) is 8.70. The van der Waals surface area contributed by atoms with Crippen molar-refractivity contribution >= 4 is 6.29 Å². The molecule has 1 aromatic rings. The van der Waals surface area contributed by atoms with Gasteiger partial charge in [0.05, 0.1) is 12.0 Å². The minimum atomic E-state index is 0.438. The second-order valence-electron chi connectivity index (χ2n) is 1.85. The Labute approximate surface area is 58.8 Å². The molecule has 0 N–H and O–H groups in total. The zero-order chi connectivity index (χ0) is 7.40. The van der Waals surface area contributed by atoms with Crippen molar-refractivity contribution < 1.29 is 9.21 Å². The summed E-state index contributed by atoms with van der Waals surface area (Å²) < 4.78 is 4.92. The van der Waals surface area contributed by atoms with Gasteiger partial charge in [-0.05, 0) is 6.07 Å². The van der Waals surface area contributed by atoms with Crippen LogP contribution in [0.5, 0.6) is 0 Å². The summed E-state index contributed by atoms with van der Waals surface area (Å²) in [6.45, 7) is 0. The van der Waals surface area contributed by atoms with Crippen LogP contribution in [0, 0.1) is 12.3 Å². The highest BCUT2D eigenvalue weighted by atomic mass is 16.3.